The van der Waals surface area contributed by atoms with Gasteiger partial charge in [-0.1, -0.05) is 6.07 Å². The largest absolute Gasteiger partial charge is 0.422 e. The van der Waals surface area contributed by atoms with Crippen molar-refractivity contribution in [2.24, 2.45) is 0 Å². The van der Waals surface area contributed by atoms with Crippen LogP contribution in [0.3, 0.4) is 0 Å². The minimum atomic E-state index is -6.17. The third kappa shape index (κ3) is 6.04. The molecule has 1 fully saturated rings. The highest BCUT2D eigenvalue weighted by Gasteiger charge is 2.49. The maximum Gasteiger partial charge on any atom is 0.422 e. The molecule has 0 aliphatic heterocycles. The molecule has 0 bridgehead atoms. The Morgan fingerprint density at radius 1 is 0.442 bits per heavy atom. The predicted octanol–water partition coefficient (Wildman–Crippen LogP) is 9.97. The zero-order chi connectivity index (χ0) is 39.6. The molecular formula is C31H3F17N4. The molecule has 0 radical (unpaired) electrons. The first kappa shape index (κ1) is 38.5. The molecule has 1 aliphatic rings. The van der Waals surface area contributed by atoms with Crippen molar-refractivity contribution in [3.8, 4) is 24.3 Å². The Morgan fingerprint density at radius 3 is 1.04 bits per heavy atom. The van der Waals surface area contributed by atoms with E-state index in [2.05, 4.69) is 0 Å². The van der Waals surface area contributed by atoms with E-state index in [0.29, 0.717) is 12.1 Å². The molecule has 1 saturated carbocycles. The van der Waals surface area contributed by atoms with Gasteiger partial charge in [0.05, 0.1) is 45.0 Å². The molecule has 0 unspecified atom stereocenters. The number of allylic oxidation sites excluding steroid dienone is 6. The highest BCUT2D eigenvalue weighted by molar-refractivity contribution is 6.12. The summed E-state index contributed by atoms with van der Waals surface area (Å²) in [6, 6.07) is 4.93. The normalized spacial score (nSPS) is 15.0. The molecule has 0 spiro atoms. The SMILES string of the molecule is N#CC(=C1C(=C(C#N)c2c(F)c(F)c(C(F)(F)F)c(F)c2F)C1=C(C#N)c1c(F)c(F)c(C(F)(F)F)c(F)c1F)c1ccc(C#N)cc1C(F)(F)F. The van der Waals surface area contributed by atoms with Crippen molar-refractivity contribution in [3.63, 3.8) is 0 Å². The van der Waals surface area contributed by atoms with E-state index < -0.39 is 137 Å². The smallest absolute Gasteiger partial charge is 0.203 e. The number of hydrogen-bond acceptors (Lipinski definition) is 4. The van der Waals surface area contributed by atoms with Gasteiger partial charge in [0.1, 0.15) is 29.3 Å². The molecule has 0 amide bonds. The van der Waals surface area contributed by atoms with Crippen LogP contribution in [0.2, 0.25) is 0 Å². The lowest BCUT2D eigenvalue weighted by Crippen LogP contribution is -2.17. The van der Waals surface area contributed by atoms with Crippen molar-refractivity contribution in [2.75, 3.05) is 0 Å². The van der Waals surface area contributed by atoms with Gasteiger partial charge >= 0.3 is 18.5 Å². The average molecular weight is 754 g/mol. The molecule has 21 heteroatoms. The fourth-order valence-corrected chi connectivity index (χ4v) is 4.93. The number of hydrogen-bond donors (Lipinski definition) is 0. The first-order valence-electron chi connectivity index (χ1n) is 12.8. The van der Waals surface area contributed by atoms with E-state index in [9.17, 15) is 72.9 Å². The summed E-state index contributed by atoms with van der Waals surface area (Å²) < 4.78 is 240. The van der Waals surface area contributed by atoms with Gasteiger partial charge in [0, 0.05) is 22.3 Å². The lowest BCUT2D eigenvalue weighted by molar-refractivity contribution is -0.144. The van der Waals surface area contributed by atoms with Gasteiger partial charge in [0.15, 0.2) is 46.5 Å². The number of benzene rings is 3. The molecule has 0 saturated heterocycles. The maximum absolute atomic E-state index is 15.1. The quantitative estimate of drug-likeness (QED) is 0.151. The van der Waals surface area contributed by atoms with Crippen molar-refractivity contribution >= 4 is 16.7 Å². The van der Waals surface area contributed by atoms with Crippen LogP contribution >= 0.6 is 0 Å². The fraction of sp³-hybridized carbons (Fsp3) is 0.0968. The molecule has 1 aliphatic carbocycles. The number of halogens is 17. The molecule has 0 N–H and O–H groups in total. The van der Waals surface area contributed by atoms with Crippen LogP contribution in [-0.4, -0.2) is 0 Å². The van der Waals surface area contributed by atoms with Crippen LogP contribution < -0.4 is 0 Å². The number of nitriles is 4. The summed E-state index contributed by atoms with van der Waals surface area (Å²) in [5, 5.41) is 38.5. The van der Waals surface area contributed by atoms with Crippen LogP contribution in [0.15, 0.2) is 34.9 Å². The number of nitrogens with zero attached hydrogens (tertiary/aromatic N) is 4. The Balaban J connectivity index is 2.35. The molecule has 3 aromatic carbocycles. The topological polar surface area (TPSA) is 95.2 Å². The van der Waals surface area contributed by atoms with Gasteiger partial charge in [-0.2, -0.15) is 60.6 Å². The minimum absolute atomic E-state index is 0.0820. The molecule has 0 heterocycles. The highest BCUT2D eigenvalue weighted by atomic mass is 19.4. The Kier molecular flexibility index (Phi) is 9.44. The summed E-state index contributed by atoms with van der Waals surface area (Å²) >= 11 is 0. The van der Waals surface area contributed by atoms with Crippen molar-refractivity contribution in [1.29, 1.82) is 21.0 Å². The first-order valence-corrected chi connectivity index (χ1v) is 12.8. The van der Waals surface area contributed by atoms with Crippen LogP contribution in [0, 0.1) is 91.9 Å². The highest BCUT2D eigenvalue weighted by Crippen LogP contribution is 2.58. The second-order valence-electron chi connectivity index (χ2n) is 9.96. The Bertz CT molecular complexity index is 2210. The van der Waals surface area contributed by atoms with Gasteiger partial charge in [0.25, 0.3) is 0 Å². The minimum Gasteiger partial charge on any atom is -0.203 e. The van der Waals surface area contributed by atoms with Crippen LogP contribution in [0.5, 0.6) is 0 Å². The van der Waals surface area contributed by atoms with Crippen LogP contribution in [0.4, 0.5) is 74.6 Å². The fourth-order valence-electron chi connectivity index (χ4n) is 4.93. The summed E-state index contributed by atoms with van der Waals surface area (Å²) in [6.45, 7) is 0. The van der Waals surface area contributed by atoms with E-state index >= 15 is 17.6 Å². The molecule has 52 heavy (non-hydrogen) atoms. The Morgan fingerprint density at radius 2 is 0.769 bits per heavy atom. The van der Waals surface area contributed by atoms with Gasteiger partial charge in [0.2, 0.25) is 0 Å². The average Bonchev–Trinajstić information content (AvgIpc) is 3.75. The van der Waals surface area contributed by atoms with Gasteiger partial charge in [-0.3, -0.25) is 0 Å². The van der Waals surface area contributed by atoms with Crippen molar-refractivity contribution in [1.82, 2.24) is 0 Å². The molecule has 266 valence electrons. The lowest BCUT2D eigenvalue weighted by atomic mass is 9.96. The molecular weight excluding hydrogens is 751 g/mol. The predicted molar refractivity (Wildman–Crippen MR) is 136 cm³/mol. The van der Waals surface area contributed by atoms with Gasteiger partial charge in [-0.05, 0) is 12.1 Å². The zero-order valence-electron chi connectivity index (χ0n) is 23.9. The summed E-state index contributed by atoms with van der Waals surface area (Å²) in [5.41, 5.74) is -25.6. The van der Waals surface area contributed by atoms with E-state index in [1.54, 1.807) is 0 Å². The maximum atomic E-state index is 15.1. The van der Waals surface area contributed by atoms with E-state index in [1.807, 2.05) is 0 Å². The monoisotopic (exact) mass is 754 g/mol. The van der Waals surface area contributed by atoms with Gasteiger partial charge < -0.3 is 0 Å². The van der Waals surface area contributed by atoms with E-state index in [1.165, 1.54) is 6.07 Å². The Labute approximate surface area is 276 Å². The zero-order valence-corrected chi connectivity index (χ0v) is 23.9. The first-order chi connectivity index (χ1) is 23.9. The summed E-state index contributed by atoms with van der Waals surface area (Å²) in [7, 11) is 0. The third-order valence-corrected chi connectivity index (χ3v) is 7.09. The molecule has 3 aromatic rings. The van der Waals surface area contributed by atoms with E-state index in [0.717, 1.165) is 18.2 Å². The lowest BCUT2D eigenvalue weighted by Gasteiger charge is -2.14. The summed E-state index contributed by atoms with van der Waals surface area (Å²) in [6.07, 6.45) is -17.9. The summed E-state index contributed by atoms with van der Waals surface area (Å²) in [4.78, 5) is 0. The molecule has 4 nitrogen and oxygen atoms in total. The van der Waals surface area contributed by atoms with E-state index in [4.69, 9.17) is 5.26 Å². The third-order valence-electron chi connectivity index (χ3n) is 7.09. The van der Waals surface area contributed by atoms with Gasteiger partial charge in [-0.15, -0.1) is 0 Å². The number of rotatable bonds is 3. The van der Waals surface area contributed by atoms with Crippen molar-refractivity contribution in [3.05, 3.63) is 120 Å². The second kappa shape index (κ2) is 12.8. The standard InChI is InChI=1S/C31H3F17N4/c32-21-17(22(33)26(37)19(25(21)36)30(43,44)45)11(6-51)15-14(10(5-50)9-2-1-8(4-49)3-13(9)29(40,41)42)16(15)12(7-52)18-23(34)27(38)20(31(46,47)48)28(39)24(18)35/h1-3H. The van der Waals surface area contributed by atoms with Crippen molar-refractivity contribution in [2.45, 2.75) is 18.5 Å². The van der Waals surface area contributed by atoms with Crippen LogP contribution in [0.1, 0.15) is 38.9 Å². The van der Waals surface area contributed by atoms with E-state index in [-0.39, 0.29) is 6.07 Å². The second-order valence-corrected chi connectivity index (χ2v) is 9.96. The molecule has 4 rings (SSSR count). The van der Waals surface area contributed by atoms with Crippen LogP contribution in [-0.2, 0) is 18.5 Å². The van der Waals surface area contributed by atoms with Gasteiger partial charge in [-0.25, -0.2) is 35.1 Å². The van der Waals surface area contributed by atoms with Crippen LogP contribution in [0.25, 0.3) is 16.7 Å². The van der Waals surface area contributed by atoms with Crippen molar-refractivity contribution < 1.29 is 74.6 Å². The molecule has 0 atom stereocenters. The number of alkyl halides is 9. The summed E-state index contributed by atoms with van der Waals surface area (Å²) in [5.74, 6) is -25.1. The Hall–Kier alpha value is -6.35. The molecule has 0 aromatic heterocycles.